The minimum atomic E-state index is -2.95. The van der Waals surface area contributed by atoms with E-state index in [4.69, 9.17) is 10.5 Å². The van der Waals surface area contributed by atoms with Crippen molar-refractivity contribution in [3.05, 3.63) is 23.8 Å². The highest BCUT2D eigenvalue weighted by Crippen LogP contribution is 2.30. The van der Waals surface area contributed by atoms with Gasteiger partial charge < -0.3 is 19.9 Å². The molecule has 0 saturated heterocycles. The third-order valence-corrected chi connectivity index (χ3v) is 2.09. The molecule has 0 fully saturated rings. The van der Waals surface area contributed by atoms with Crippen LogP contribution >= 0.6 is 0 Å². The molecule has 0 aliphatic carbocycles. The Hall–Kier alpha value is -2.38. The Morgan fingerprint density at radius 3 is 2.05 bits per heavy atom. The summed E-state index contributed by atoms with van der Waals surface area (Å²) >= 11 is 0. The Labute approximate surface area is 127 Å². The lowest BCUT2D eigenvalue weighted by Crippen LogP contribution is -2.13. The number of hydrogen-bond acceptors (Lipinski definition) is 5. The number of methoxy groups -OCH3 is 1. The van der Waals surface area contributed by atoms with Crippen LogP contribution in [0, 0.1) is 0 Å². The number of alkyl halides is 2. The van der Waals surface area contributed by atoms with Crippen molar-refractivity contribution < 1.29 is 32.6 Å². The zero-order valence-electron chi connectivity index (χ0n) is 12.8. The van der Waals surface area contributed by atoms with Gasteiger partial charge in [-0.25, -0.2) is 0 Å². The van der Waals surface area contributed by atoms with Crippen molar-refractivity contribution >= 4 is 11.9 Å². The molecular formula is C14H19F2NO5. The zero-order chi connectivity index (χ0) is 17.3. The van der Waals surface area contributed by atoms with E-state index in [9.17, 15) is 18.4 Å². The lowest BCUT2D eigenvalue weighted by molar-refractivity contribution is -0.137. The summed E-state index contributed by atoms with van der Waals surface area (Å²) in [6.07, 6.45) is -0.238. The largest absolute Gasteiger partial charge is 0.487 e. The second-order valence-corrected chi connectivity index (χ2v) is 4.27. The van der Waals surface area contributed by atoms with Crippen molar-refractivity contribution in [3.8, 4) is 11.5 Å². The molecule has 0 atom stereocenters. The van der Waals surface area contributed by atoms with Gasteiger partial charge in [-0.2, -0.15) is 8.78 Å². The van der Waals surface area contributed by atoms with Crippen LogP contribution in [0.25, 0.3) is 0 Å². The summed E-state index contributed by atoms with van der Waals surface area (Å²) < 4.78 is 37.9. The van der Waals surface area contributed by atoms with Gasteiger partial charge in [-0.15, -0.1) is 0 Å². The van der Waals surface area contributed by atoms with Crippen molar-refractivity contribution in [2.24, 2.45) is 5.73 Å². The van der Waals surface area contributed by atoms with Crippen molar-refractivity contribution in [1.82, 2.24) is 0 Å². The summed E-state index contributed by atoms with van der Waals surface area (Å²) in [4.78, 5) is 20.5. The van der Waals surface area contributed by atoms with Crippen LogP contribution in [-0.4, -0.2) is 31.7 Å². The molecule has 0 spiro atoms. The lowest BCUT2D eigenvalue weighted by Gasteiger charge is -2.15. The molecule has 1 amide bonds. The molecule has 1 aromatic carbocycles. The Morgan fingerprint density at radius 1 is 1.14 bits per heavy atom. The number of halogens is 2. The topological polar surface area (TPSA) is 87.8 Å². The summed E-state index contributed by atoms with van der Waals surface area (Å²) in [7, 11) is 1.35. The Balaban J connectivity index is 0.000000763. The number of carbonyl (C=O) groups excluding carboxylic acids is 2. The summed E-state index contributed by atoms with van der Waals surface area (Å²) in [5, 5.41) is 0. The van der Waals surface area contributed by atoms with Gasteiger partial charge in [0.25, 0.3) is 0 Å². The molecule has 6 nitrogen and oxygen atoms in total. The maximum Gasteiger partial charge on any atom is 0.387 e. The fourth-order valence-corrected chi connectivity index (χ4v) is 1.20. The zero-order valence-corrected chi connectivity index (χ0v) is 12.8. The van der Waals surface area contributed by atoms with Gasteiger partial charge >= 0.3 is 12.6 Å². The van der Waals surface area contributed by atoms with Crippen LogP contribution in [0.15, 0.2) is 18.2 Å². The standard InChI is InChI=1S/C11H13F2NO3.C3H6O2/c1-6(2)16-9-5-7(10(14)15)3-4-8(9)17-11(12)13;1-3(4)5-2/h3-6,11H,1-2H3,(H2,14,15);1-2H3. The molecule has 0 bridgehead atoms. The molecule has 0 aromatic heterocycles. The molecule has 0 unspecified atom stereocenters. The van der Waals surface area contributed by atoms with Crippen LogP contribution in [0.3, 0.4) is 0 Å². The summed E-state index contributed by atoms with van der Waals surface area (Å²) in [5.41, 5.74) is 5.25. The van der Waals surface area contributed by atoms with E-state index in [2.05, 4.69) is 9.47 Å². The molecule has 124 valence electrons. The predicted molar refractivity (Wildman–Crippen MR) is 75.0 cm³/mol. The van der Waals surface area contributed by atoms with E-state index in [1.165, 1.54) is 32.2 Å². The maximum absolute atomic E-state index is 12.1. The van der Waals surface area contributed by atoms with Crippen LogP contribution < -0.4 is 15.2 Å². The maximum atomic E-state index is 12.1. The van der Waals surface area contributed by atoms with E-state index in [-0.39, 0.29) is 29.1 Å². The van der Waals surface area contributed by atoms with E-state index >= 15 is 0 Å². The van der Waals surface area contributed by atoms with Crippen molar-refractivity contribution in [2.75, 3.05) is 7.11 Å². The third-order valence-electron chi connectivity index (χ3n) is 2.09. The highest BCUT2D eigenvalue weighted by atomic mass is 19.3. The second-order valence-electron chi connectivity index (χ2n) is 4.27. The molecule has 8 heteroatoms. The molecular weight excluding hydrogens is 300 g/mol. The van der Waals surface area contributed by atoms with E-state index in [0.717, 1.165) is 0 Å². The van der Waals surface area contributed by atoms with Crippen LogP contribution in [0.5, 0.6) is 11.5 Å². The Bertz CT molecular complexity index is 506. The number of hydrogen-bond donors (Lipinski definition) is 1. The van der Waals surface area contributed by atoms with Crippen molar-refractivity contribution in [1.29, 1.82) is 0 Å². The Morgan fingerprint density at radius 2 is 1.68 bits per heavy atom. The first-order chi connectivity index (χ1) is 10.2. The average Bonchev–Trinajstić information content (AvgIpc) is 2.40. The van der Waals surface area contributed by atoms with Crippen molar-refractivity contribution in [2.45, 2.75) is 33.5 Å². The number of ether oxygens (including phenoxy) is 3. The average molecular weight is 319 g/mol. The molecule has 0 saturated carbocycles. The van der Waals surface area contributed by atoms with Gasteiger partial charge in [0.05, 0.1) is 13.2 Å². The third kappa shape index (κ3) is 8.03. The summed E-state index contributed by atoms with van der Waals surface area (Å²) in [6, 6.07) is 3.80. The van der Waals surface area contributed by atoms with Crippen molar-refractivity contribution in [3.63, 3.8) is 0 Å². The van der Waals surface area contributed by atoms with Gasteiger partial charge in [-0.3, -0.25) is 9.59 Å². The fourth-order valence-electron chi connectivity index (χ4n) is 1.20. The van der Waals surface area contributed by atoms with Gasteiger partial charge in [-0.1, -0.05) is 0 Å². The summed E-state index contributed by atoms with van der Waals surface area (Å²) in [5.74, 6) is -0.970. The molecule has 0 aliphatic heterocycles. The molecule has 0 aliphatic rings. The Kier molecular flexibility index (Phi) is 8.51. The minimum Gasteiger partial charge on any atom is -0.487 e. The van der Waals surface area contributed by atoms with E-state index < -0.39 is 12.5 Å². The van der Waals surface area contributed by atoms with Gasteiger partial charge in [0.2, 0.25) is 5.91 Å². The molecule has 2 N–H and O–H groups in total. The molecule has 1 aromatic rings. The van der Waals surface area contributed by atoms with E-state index in [1.807, 2.05) is 0 Å². The highest BCUT2D eigenvalue weighted by molar-refractivity contribution is 5.93. The van der Waals surface area contributed by atoms with Gasteiger partial charge in [0.15, 0.2) is 11.5 Å². The molecule has 22 heavy (non-hydrogen) atoms. The number of esters is 1. The number of nitrogens with two attached hydrogens (primary N) is 1. The van der Waals surface area contributed by atoms with Gasteiger partial charge in [0.1, 0.15) is 0 Å². The molecule has 0 heterocycles. The number of primary amides is 1. The number of benzene rings is 1. The second kappa shape index (κ2) is 9.54. The first kappa shape index (κ1) is 19.6. The summed E-state index contributed by atoms with van der Waals surface area (Å²) in [6.45, 7) is 1.86. The van der Waals surface area contributed by atoms with Crippen LogP contribution in [0.1, 0.15) is 31.1 Å². The first-order valence-electron chi connectivity index (χ1n) is 6.27. The number of rotatable bonds is 5. The monoisotopic (exact) mass is 319 g/mol. The number of amides is 1. The molecule has 0 radical (unpaired) electrons. The SMILES string of the molecule is CC(C)Oc1cc(C(N)=O)ccc1OC(F)F.COC(C)=O. The smallest absolute Gasteiger partial charge is 0.387 e. The first-order valence-corrected chi connectivity index (χ1v) is 6.27. The minimum absolute atomic E-state index is 0.0663. The van der Waals surface area contributed by atoms with E-state index in [1.54, 1.807) is 13.8 Å². The number of carbonyl (C=O) groups is 2. The normalized spacial score (nSPS) is 9.82. The van der Waals surface area contributed by atoms with Gasteiger partial charge in [-0.05, 0) is 32.0 Å². The van der Waals surface area contributed by atoms with Crippen LogP contribution in [-0.2, 0) is 9.53 Å². The fraction of sp³-hybridized carbons (Fsp3) is 0.429. The highest BCUT2D eigenvalue weighted by Gasteiger charge is 2.14. The lowest BCUT2D eigenvalue weighted by atomic mass is 10.2. The quantitative estimate of drug-likeness (QED) is 0.842. The van der Waals surface area contributed by atoms with Gasteiger partial charge in [0, 0.05) is 12.5 Å². The molecule has 1 rings (SSSR count). The predicted octanol–water partition coefficient (Wildman–Crippen LogP) is 2.35. The van der Waals surface area contributed by atoms with Crippen LogP contribution in [0.4, 0.5) is 8.78 Å². The van der Waals surface area contributed by atoms with E-state index in [0.29, 0.717) is 0 Å². The van der Waals surface area contributed by atoms with Crippen LogP contribution in [0.2, 0.25) is 0 Å².